The molecule has 0 radical (unpaired) electrons. The van der Waals surface area contributed by atoms with Gasteiger partial charge in [0, 0.05) is 37.6 Å². The van der Waals surface area contributed by atoms with Crippen LogP contribution in [0.5, 0.6) is 0 Å². The van der Waals surface area contributed by atoms with Crippen LogP contribution in [0.15, 0.2) is 53.6 Å². The maximum absolute atomic E-state index is 13.4. The van der Waals surface area contributed by atoms with Gasteiger partial charge in [0.25, 0.3) is 5.91 Å². The van der Waals surface area contributed by atoms with Gasteiger partial charge >= 0.3 is 0 Å². The molecule has 1 amide bonds. The minimum Gasteiger partial charge on any atom is -0.365 e. The lowest BCUT2D eigenvalue weighted by Gasteiger charge is -2.31. The Hall–Kier alpha value is -2.71. The van der Waals surface area contributed by atoms with E-state index in [0.29, 0.717) is 34.5 Å². The lowest BCUT2D eigenvalue weighted by atomic mass is 9.93. The summed E-state index contributed by atoms with van der Waals surface area (Å²) < 4.78 is 29.9. The van der Waals surface area contributed by atoms with Crippen LogP contribution in [0, 0.1) is 0 Å². The maximum atomic E-state index is 13.4. The molecule has 2 N–H and O–H groups in total. The quantitative estimate of drug-likeness (QED) is 0.729. The molecule has 0 aliphatic carbocycles. The van der Waals surface area contributed by atoms with Crippen molar-refractivity contribution in [2.24, 2.45) is 12.8 Å². The lowest BCUT2D eigenvalue weighted by molar-refractivity contribution is 0.0998. The molecule has 2 aromatic carbocycles. The SMILES string of the molecule is Cn1cc(C(N)=O)c([C@H]2CCCN(S(=O)(=O)c3cccc4ccccc34)C2)n1. The van der Waals surface area contributed by atoms with E-state index in [1.165, 1.54) is 4.31 Å². The summed E-state index contributed by atoms with van der Waals surface area (Å²) in [5.41, 5.74) is 6.42. The van der Waals surface area contributed by atoms with Gasteiger partial charge in [0.05, 0.1) is 16.2 Å². The molecule has 0 unspecified atom stereocenters. The van der Waals surface area contributed by atoms with Gasteiger partial charge in [-0.1, -0.05) is 36.4 Å². The Morgan fingerprint density at radius 3 is 2.71 bits per heavy atom. The van der Waals surface area contributed by atoms with Crippen LogP contribution in [0.2, 0.25) is 0 Å². The van der Waals surface area contributed by atoms with Gasteiger partial charge in [-0.25, -0.2) is 8.42 Å². The fourth-order valence-corrected chi connectivity index (χ4v) is 5.68. The lowest BCUT2D eigenvalue weighted by Crippen LogP contribution is -2.39. The standard InChI is InChI=1S/C20H22N4O3S/c1-23-13-17(20(21)25)19(22-23)15-8-5-11-24(12-15)28(26,27)18-10-4-7-14-6-2-3-9-16(14)18/h2-4,6-7,9-10,13,15H,5,8,11-12H2,1H3,(H2,21,25)/t15-/m0/s1. The highest BCUT2D eigenvalue weighted by molar-refractivity contribution is 7.89. The number of aryl methyl sites for hydroxylation is 1. The van der Waals surface area contributed by atoms with Gasteiger partial charge in [0.2, 0.25) is 10.0 Å². The van der Waals surface area contributed by atoms with Crippen LogP contribution >= 0.6 is 0 Å². The number of carbonyl (C=O) groups excluding carboxylic acids is 1. The third-order valence-electron chi connectivity index (χ3n) is 5.26. The van der Waals surface area contributed by atoms with Gasteiger partial charge in [-0.2, -0.15) is 9.40 Å². The molecule has 28 heavy (non-hydrogen) atoms. The van der Waals surface area contributed by atoms with E-state index >= 15 is 0 Å². The number of nitrogens with two attached hydrogens (primary N) is 1. The molecule has 1 atom stereocenters. The topological polar surface area (TPSA) is 98.3 Å². The third kappa shape index (κ3) is 3.18. The van der Waals surface area contributed by atoms with Gasteiger partial charge in [-0.05, 0) is 24.3 Å². The molecule has 4 rings (SSSR count). The molecule has 146 valence electrons. The number of nitrogens with zero attached hydrogens (tertiary/aromatic N) is 3. The third-order valence-corrected chi connectivity index (χ3v) is 7.18. The second-order valence-corrected chi connectivity index (χ2v) is 9.05. The van der Waals surface area contributed by atoms with Crippen molar-refractivity contribution in [1.29, 1.82) is 0 Å². The second-order valence-electron chi connectivity index (χ2n) is 7.15. The van der Waals surface area contributed by atoms with Crippen molar-refractivity contribution >= 4 is 26.7 Å². The van der Waals surface area contributed by atoms with Crippen LogP contribution in [0.1, 0.15) is 34.8 Å². The molecule has 7 nitrogen and oxygen atoms in total. The van der Waals surface area contributed by atoms with Gasteiger partial charge in [-0.3, -0.25) is 9.48 Å². The molecule has 0 spiro atoms. The number of sulfonamides is 1. The van der Waals surface area contributed by atoms with Crippen LogP contribution < -0.4 is 5.73 Å². The maximum Gasteiger partial charge on any atom is 0.252 e. The van der Waals surface area contributed by atoms with E-state index in [-0.39, 0.29) is 12.5 Å². The fraction of sp³-hybridized carbons (Fsp3) is 0.300. The summed E-state index contributed by atoms with van der Waals surface area (Å²) in [6, 6.07) is 12.8. The van der Waals surface area contributed by atoms with Crippen LogP contribution in [0.25, 0.3) is 10.8 Å². The number of rotatable bonds is 4. The van der Waals surface area contributed by atoms with Crippen LogP contribution in [-0.2, 0) is 17.1 Å². The smallest absolute Gasteiger partial charge is 0.252 e. The largest absolute Gasteiger partial charge is 0.365 e. The summed E-state index contributed by atoms with van der Waals surface area (Å²) in [5.74, 6) is -0.709. The van der Waals surface area contributed by atoms with Crippen LogP contribution in [0.3, 0.4) is 0 Å². The molecule has 1 aliphatic heterocycles. The number of piperidine rings is 1. The molecule has 0 saturated carbocycles. The van der Waals surface area contributed by atoms with E-state index in [1.807, 2.05) is 30.3 Å². The molecule has 1 aliphatic rings. The molecule has 1 fully saturated rings. The predicted molar refractivity (Wildman–Crippen MR) is 106 cm³/mol. The fourth-order valence-electron chi connectivity index (χ4n) is 3.94. The Morgan fingerprint density at radius 2 is 1.93 bits per heavy atom. The van der Waals surface area contributed by atoms with Crippen LogP contribution in [0.4, 0.5) is 0 Å². The molecule has 3 aromatic rings. The first-order chi connectivity index (χ1) is 13.4. The predicted octanol–water partition coefficient (Wildman–Crippen LogP) is 2.24. The highest BCUT2D eigenvalue weighted by Crippen LogP contribution is 2.33. The molecule has 1 aromatic heterocycles. The monoisotopic (exact) mass is 398 g/mol. The molecule has 0 bridgehead atoms. The van der Waals surface area contributed by atoms with E-state index in [2.05, 4.69) is 5.10 Å². The van der Waals surface area contributed by atoms with Crippen molar-refractivity contribution in [2.45, 2.75) is 23.7 Å². The van der Waals surface area contributed by atoms with Crippen molar-refractivity contribution < 1.29 is 13.2 Å². The Balaban J connectivity index is 1.70. The number of benzene rings is 2. The molecule has 8 heteroatoms. The number of aromatic nitrogens is 2. The number of hydrogen-bond acceptors (Lipinski definition) is 4. The van der Waals surface area contributed by atoms with Gasteiger partial charge < -0.3 is 5.73 Å². The number of fused-ring (bicyclic) bond motifs is 1. The van der Waals surface area contributed by atoms with Gasteiger partial charge in [0.1, 0.15) is 0 Å². The molecule has 1 saturated heterocycles. The van der Waals surface area contributed by atoms with Crippen molar-refractivity contribution in [2.75, 3.05) is 13.1 Å². The summed E-state index contributed by atoms with van der Waals surface area (Å²) in [4.78, 5) is 12.1. The first-order valence-electron chi connectivity index (χ1n) is 9.19. The van der Waals surface area contributed by atoms with E-state index < -0.39 is 15.9 Å². The van der Waals surface area contributed by atoms with E-state index in [9.17, 15) is 13.2 Å². The Morgan fingerprint density at radius 1 is 1.18 bits per heavy atom. The number of primary amides is 1. The number of hydrogen-bond donors (Lipinski definition) is 1. The Bertz CT molecular complexity index is 1150. The minimum atomic E-state index is -3.67. The van der Waals surface area contributed by atoms with E-state index in [4.69, 9.17) is 5.73 Å². The zero-order valence-corrected chi connectivity index (χ0v) is 16.4. The number of carbonyl (C=O) groups is 1. The Kier molecular flexibility index (Phi) is 4.68. The average molecular weight is 398 g/mol. The zero-order chi connectivity index (χ0) is 19.9. The van der Waals surface area contributed by atoms with Crippen molar-refractivity contribution in [3.8, 4) is 0 Å². The highest BCUT2D eigenvalue weighted by atomic mass is 32.2. The summed E-state index contributed by atoms with van der Waals surface area (Å²) in [6.07, 6.45) is 3.05. The van der Waals surface area contributed by atoms with Crippen molar-refractivity contribution in [3.05, 3.63) is 59.9 Å². The van der Waals surface area contributed by atoms with Crippen LogP contribution in [-0.4, -0.2) is 41.5 Å². The normalized spacial score (nSPS) is 18.4. The molecular formula is C20H22N4O3S. The van der Waals surface area contributed by atoms with Gasteiger partial charge in [-0.15, -0.1) is 0 Å². The van der Waals surface area contributed by atoms with E-state index in [1.54, 1.807) is 30.1 Å². The van der Waals surface area contributed by atoms with Crippen molar-refractivity contribution in [3.63, 3.8) is 0 Å². The molecular weight excluding hydrogens is 376 g/mol. The van der Waals surface area contributed by atoms with Gasteiger partial charge in [0.15, 0.2) is 0 Å². The Labute approximate surface area is 163 Å². The zero-order valence-electron chi connectivity index (χ0n) is 15.6. The highest BCUT2D eigenvalue weighted by Gasteiger charge is 2.34. The summed E-state index contributed by atoms with van der Waals surface area (Å²) in [7, 11) is -1.95. The summed E-state index contributed by atoms with van der Waals surface area (Å²) >= 11 is 0. The summed E-state index contributed by atoms with van der Waals surface area (Å²) in [5, 5.41) is 5.99. The van der Waals surface area contributed by atoms with Crippen molar-refractivity contribution in [1.82, 2.24) is 14.1 Å². The minimum absolute atomic E-state index is 0.165. The number of amides is 1. The first-order valence-corrected chi connectivity index (χ1v) is 10.6. The summed E-state index contributed by atoms with van der Waals surface area (Å²) in [6.45, 7) is 0.726. The molecule has 2 heterocycles. The van der Waals surface area contributed by atoms with E-state index in [0.717, 1.165) is 11.8 Å². The average Bonchev–Trinajstić information content (AvgIpc) is 3.10. The second kappa shape index (κ2) is 7.03. The first kappa shape index (κ1) is 18.6.